The molecule has 0 unspecified atom stereocenters. The molecule has 0 aliphatic carbocycles. The van der Waals surface area contributed by atoms with Crippen LogP contribution in [0.25, 0.3) is 27.9 Å². The van der Waals surface area contributed by atoms with E-state index >= 15 is 0 Å². The van der Waals surface area contributed by atoms with Crippen LogP contribution in [0.4, 0.5) is 0 Å². The summed E-state index contributed by atoms with van der Waals surface area (Å²) < 4.78 is 5.54. The molecule has 8 heteroatoms. The number of amides is 1. The molecule has 0 saturated carbocycles. The molecule has 4 N–H and O–H groups in total. The highest BCUT2D eigenvalue weighted by Gasteiger charge is 2.22. The zero-order chi connectivity index (χ0) is 26.5. The number of carboxylic acid groups (broad SMARTS) is 1. The summed E-state index contributed by atoms with van der Waals surface area (Å²) in [5, 5.41) is 13.9. The SMILES string of the molecule is O=C(COc1ccc(/C=C/C(=O)c2c[nH]c3ccccc23)cc1)N[C@@H](Cc1c[nH]c2ccccc12)C(=O)O. The number of carboxylic acids is 1. The number of ketones is 1. The van der Waals surface area contributed by atoms with E-state index in [2.05, 4.69) is 15.3 Å². The Balaban J connectivity index is 1.15. The number of allylic oxidation sites excluding steroid dienone is 1. The van der Waals surface area contributed by atoms with Crippen LogP contribution < -0.4 is 10.1 Å². The third-order valence-electron chi connectivity index (χ3n) is 6.26. The number of ether oxygens (including phenoxy) is 1. The van der Waals surface area contributed by atoms with Gasteiger partial charge in [-0.25, -0.2) is 4.79 Å². The lowest BCUT2D eigenvalue weighted by Gasteiger charge is -2.14. The third kappa shape index (κ3) is 5.49. The zero-order valence-corrected chi connectivity index (χ0v) is 20.3. The minimum Gasteiger partial charge on any atom is -0.484 e. The van der Waals surface area contributed by atoms with E-state index in [4.69, 9.17) is 4.74 Å². The van der Waals surface area contributed by atoms with E-state index < -0.39 is 17.9 Å². The van der Waals surface area contributed by atoms with Crippen LogP contribution in [0.3, 0.4) is 0 Å². The van der Waals surface area contributed by atoms with Crippen molar-refractivity contribution in [2.75, 3.05) is 6.61 Å². The number of aromatic nitrogens is 2. The van der Waals surface area contributed by atoms with Gasteiger partial charge < -0.3 is 25.1 Å². The average molecular weight is 508 g/mol. The van der Waals surface area contributed by atoms with Crippen LogP contribution in [0.2, 0.25) is 0 Å². The van der Waals surface area contributed by atoms with Crippen molar-refractivity contribution in [1.82, 2.24) is 15.3 Å². The number of carbonyl (C=O) groups excluding carboxylic acids is 2. The first kappa shape index (κ1) is 24.6. The van der Waals surface area contributed by atoms with E-state index in [-0.39, 0.29) is 18.8 Å². The fourth-order valence-corrected chi connectivity index (χ4v) is 4.32. The van der Waals surface area contributed by atoms with Crippen LogP contribution in [0.15, 0.2) is 91.3 Å². The Bertz CT molecular complexity index is 1650. The Kier molecular flexibility index (Phi) is 7.04. The first-order valence-electron chi connectivity index (χ1n) is 12.1. The quantitative estimate of drug-likeness (QED) is 0.161. The molecule has 1 atom stereocenters. The van der Waals surface area contributed by atoms with Crippen molar-refractivity contribution >= 4 is 45.5 Å². The van der Waals surface area contributed by atoms with Gasteiger partial charge in [-0.05, 0) is 41.5 Å². The monoisotopic (exact) mass is 507 g/mol. The summed E-state index contributed by atoms with van der Waals surface area (Å²) in [6, 6.07) is 21.0. The molecule has 190 valence electrons. The number of nitrogens with one attached hydrogen (secondary N) is 3. The molecule has 2 heterocycles. The fraction of sp³-hybridized carbons (Fsp3) is 0.100. The van der Waals surface area contributed by atoms with Gasteiger partial charge in [-0.15, -0.1) is 0 Å². The van der Waals surface area contributed by atoms with Gasteiger partial charge >= 0.3 is 5.97 Å². The predicted molar refractivity (Wildman–Crippen MR) is 145 cm³/mol. The molecule has 0 radical (unpaired) electrons. The molecule has 0 fully saturated rings. The van der Waals surface area contributed by atoms with Crippen LogP contribution in [-0.4, -0.2) is 45.4 Å². The maximum absolute atomic E-state index is 12.6. The van der Waals surface area contributed by atoms with Crippen LogP contribution in [0.5, 0.6) is 5.75 Å². The maximum Gasteiger partial charge on any atom is 0.326 e. The van der Waals surface area contributed by atoms with Gasteiger partial charge in [0.15, 0.2) is 12.4 Å². The van der Waals surface area contributed by atoms with E-state index in [1.54, 1.807) is 42.7 Å². The Morgan fingerprint density at radius 2 is 1.53 bits per heavy atom. The molecule has 0 aliphatic heterocycles. The first-order valence-corrected chi connectivity index (χ1v) is 12.1. The summed E-state index contributed by atoms with van der Waals surface area (Å²) in [6.45, 7) is -0.327. The molecule has 1 amide bonds. The van der Waals surface area contributed by atoms with Crippen molar-refractivity contribution in [3.8, 4) is 5.75 Å². The minimum absolute atomic E-state index is 0.111. The normalized spacial score (nSPS) is 12.1. The van der Waals surface area contributed by atoms with E-state index in [1.807, 2.05) is 48.5 Å². The van der Waals surface area contributed by atoms with Crippen LogP contribution in [-0.2, 0) is 16.0 Å². The maximum atomic E-state index is 12.6. The number of rotatable bonds is 10. The van der Waals surface area contributed by atoms with Gasteiger partial charge in [-0.2, -0.15) is 0 Å². The molecule has 38 heavy (non-hydrogen) atoms. The number of para-hydroxylation sites is 2. The fourth-order valence-electron chi connectivity index (χ4n) is 4.32. The summed E-state index contributed by atoms with van der Waals surface area (Å²) >= 11 is 0. The van der Waals surface area contributed by atoms with Crippen LogP contribution >= 0.6 is 0 Å². The van der Waals surface area contributed by atoms with Crippen molar-refractivity contribution in [1.29, 1.82) is 0 Å². The molecule has 0 bridgehead atoms. The highest BCUT2D eigenvalue weighted by atomic mass is 16.5. The second-order valence-corrected chi connectivity index (χ2v) is 8.83. The van der Waals surface area contributed by atoms with Crippen LogP contribution in [0.1, 0.15) is 21.5 Å². The van der Waals surface area contributed by atoms with Gasteiger partial charge in [-0.1, -0.05) is 54.6 Å². The van der Waals surface area contributed by atoms with Crippen molar-refractivity contribution in [2.24, 2.45) is 0 Å². The Morgan fingerprint density at radius 3 is 2.26 bits per heavy atom. The van der Waals surface area contributed by atoms with Gasteiger partial charge in [0, 0.05) is 46.2 Å². The van der Waals surface area contributed by atoms with E-state index in [0.29, 0.717) is 11.3 Å². The highest BCUT2D eigenvalue weighted by Crippen LogP contribution is 2.20. The molecule has 3 aromatic carbocycles. The van der Waals surface area contributed by atoms with Crippen LogP contribution in [0, 0.1) is 0 Å². The van der Waals surface area contributed by atoms with Crippen molar-refractivity contribution in [3.05, 3.63) is 108 Å². The molecule has 0 saturated heterocycles. The zero-order valence-electron chi connectivity index (χ0n) is 20.3. The molecular weight excluding hydrogens is 482 g/mol. The predicted octanol–water partition coefficient (Wildman–Crippen LogP) is 4.74. The second kappa shape index (κ2) is 10.9. The molecule has 2 aromatic heterocycles. The summed E-state index contributed by atoms with van der Waals surface area (Å²) in [5.74, 6) is -1.32. The van der Waals surface area contributed by atoms with Gasteiger partial charge in [0.25, 0.3) is 5.91 Å². The molecular formula is C30H25N3O5. The molecule has 0 aliphatic rings. The third-order valence-corrected chi connectivity index (χ3v) is 6.26. The van der Waals surface area contributed by atoms with E-state index in [0.717, 1.165) is 32.9 Å². The summed E-state index contributed by atoms with van der Waals surface area (Å²) in [5.41, 5.74) is 4.01. The Hall–Kier alpha value is -5.11. The molecule has 5 rings (SSSR count). The topological polar surface area (TPSA) is 124 Å². The van der Waals surface area contributed by atoms with E-state index in [1.165, 1.54) is 6.08 Å². The number of hydrogen-bond acceptors (Lipinski definition) is 4. The van der Waals surface area contributed by atoms with Crippen molar-refractivity contribution in [2.45, 2.75) is 12.5 Å². The number of carbonyl (C=O) groups is 3. The lowest BCUT2D eigenvalue weighted by molar-refractivity contribution is -0.142. The van der Waals surface area contributed by atoms with Gasteiger partial charge in [-0.3, -0.25) is 9.59 Å². The lowest BCUT2D eigenvalue weighted by Crippen LogP contribution is -2.44. The molecule has 8 nitrogen and oxygen atoms in total. The van der Waals surface area contributed by atoms with Gasteiger partial charge in [0.05, 0.1) is 0 Å². The molecule has 0 spiro atoms. The second-order valence-electron chi connectivity index (χ2n) is 8.83. The molecule has 5 aromatic rings. The number of H-pyrrole nitrogens is 2. The number of aromatic amines is 2. The summed E-state index contributed by atoms with van der Waals surface area (Å²) in [7, 11) is 0. The Labute approximate surface area is 217 Å². The van der Waals surface area contributed by atoms with Gasteiger partial charge in [0.1, 0.15) is 11.8 Å². The Morgan fingerprint density at radius 1 is 0.868 bits per heavy atom. The standard InChI is InChI=1S/C30H25N3O5/c34-28(24-17-32-26-8-4-2-6-23(24)26)14-11-19-9-12-21(13-10-19)38-18-29(35)33-27(30(36)37)15-20-16-31-25-7-3-1-5-22(20)25/h1-14,16-17,27,31-32H,15,18H2,(H,33,35)(H,36,37)/b14-11+/t27-/m0/s1. The van der Waals surface area contributed by atoms with Gasteiger partial charge in [0.2, 0.25) is 0 Å². The largest absolute Gasteiger partial charge is 0.484 e. The number of fused-ring (bicyclic) bond motifs is 2. The minimum atomic E-state index is -1.12. The van der Waals surface area contributed by atoms with Crippen molar-refractivity contribution in [3.63, 3.8) is 0 Å². The van der Waals surface area contributed by atoms with Crippen molar-refractivity contribution < 1.29 is 24.2 Å². The summed E-state index contributed by atoms with van der Waals surface area (Å²) in [4.78, 5) is 43.0. The highest BCUT2D eigenvalue weighted by molar-refractivity contribution is 6.14. The number of aliphatic carboxylic acids is 1. The van der Waals surface area contributed by atoms with E-state index in [9.17, 15) is 19.5 Å². The summed E-state index contributed by atoms with van der Waals surface area (Å²) in [6.07, 6.45) is 6.83. The number of benzene rings is 3. The first-order chi connectivity index (χ1) is 18.5. The number of hydrogen-bond donors (Lipinski definition) is 4. The lowest BCUT2D eigenvalue weighted by atomic mass is 10.1. The smallest absolute Gasteiger partial charge is 0.326 e. The average Bonchev–Trinajstić information content (AvgIpc) is 3.55.